The first-order valence-electron chi connectivity index (χ1n) is 11.0. The van der Waals surface area contributed by atoms with E-state index in [1.165, 1.54) is 5.56 Å². The molecule has 8 heteroatoms. The van der Waals surface area contributed by atoms with Crippen LogP contribution in [0.15, 0.2) is 41.4 Å². The van der Waals surface area contributed by atoms with Crippen LogP contribution in [-0.4, -0.2) is 106 Å². The Morgan fingerprint density at radius 3 is 2.40 bits per heavy atom. The molecule has 0 aliphatic carbocycles. The molecule has 0 aromatic heterocycles. The van der Waals surface area contributed by atoms with Gasteiger partial charge in [0.25, 0.3) is 0 Å². The normalized spacial score (nSPS) is 21.2. The highest BCUT2D eigenvalue weighted by Crippen LogP contribution is 2.06. The highest BCUT2D eigenvalue weighted by Gasteiger charge is 2.22. The van der Waals surface area contributed by atoms with Crippen LogP contribution in [-0.2, 0) is 9.84 Å². The van der Waals surface area contributed by atoms with E-state index in [0.717, 1.165) is 51.8 Å². The van der Waals surface area contributed by atoms with Crippen molar-refractivity contribution in [3.8, 4) is 0 Å². The Morgan fingerprint density at radius 1 is 1.03 bits per heavy atom. The van der Waals surface area contributed by atoms with Gasteiger partial charge in [0.15, 0.2) is 15.8 Å². The highest BCUT2D eigenvalue weighted by atomic mass is 32.2. The molecule has 2 aliphatic heterocycles. The zero-order chi connectivity index (χ0) is 21.2. The Bertz CT molecular complexity index is 788. The maximum absolute atomic E-state index is 11.6. The molecule has 0 saturated carbocycles. The Hall–Kier alpha value is -1.90. The number of guanidine groups is 1. The Labute approximate surface area is 181 Å². The van der Waals surface area contributed by atoms with Gasteiger partial charge in [-0.25, -0.2) is 8.42 Å². The van der Waals surface area contributed by atoms with Gasteiger partial charge in [-0.2, -0.15) is 0 Å². The van der Waals surface area contributed by atoms with Gasteiger partial charge in [-0.15, -0.1) is 0 Å². The van der Waals surface area contributed by atoms with Gasteiger partial charge in [-0.1, -0.05) is 42.5 Å². The molecular formula is C22H35N5O2S. The lowest BCUT2D eigenvalue weighted by Gasteiger charge is -2.36. The van der Waals surface area contributed by atoms with Gasteiger partial charge in [0.05, 0.1) is 18.1 Å². The van der Waals surface area contributed by atoms with Crippen LogP contribution in [0.25, 0.3) is 6.08 Å². The summed E-state index contributed by atoms with van der Waals surface area (Å²) in [5.74, 6) is 1.52. The predicted octanol–water partition coefficient (Wildman–Crippen LogP) is 1.01. The summed E-state index contributed by atoms with van der Waals surface area (Å²) in [4.78, 5) is 11.8. The van der Waals surface area contributed by atoms with E-state index in [9.17, 15) is 8.42 Å². The summed E-state index contributed by atoms with van der Waals surface area (Å²) in [5.41, 5.74) is 1.24. The van der Waals surface area contributed by atoms with Gasteiger partial charge in [-0.3, -0.25) is 14.8 Å². The van der Waals surface area contributed by atoms with Crippen LogP contribution >= 0.6 is 0 Å². The maximum Gasteiger partial charge on any atom is 0.194 e. The third-order valence-electron chi connectivity index (χ3n) is 5.60. The highest BCUT2D eigenvalue weighted by molar-refractivity contribution is 7.91. The van der Waals surface area contributed by atoms with Crippen molar-refractivity contribution in [3.63, 3.8) is 0 Å². The molecule has 1 N–H and O–H groups in total. The first-order chi connectivity index (χ1) is 14.6. The lowest BCUT2D eigenvalue weighted by molar-refractivity contribution is 0.194. The smallest absolute Gasteiger partial charge is 0.194 e. The number of rotatable bonds is 7. The van der Waals surface area contributed by atoms with Gasteiger partial charge < -0.3 is 10.2 Å². The fourth-order valence-electron chi connectivity index (χ4n) is 3.74. The van der Waals surface area contributed by atoms with Crippen LogP contribution in [0.1, 0.15) is 12.5 Å². The van der Waals surface area contributed by atoms with Gasteiger partial charge in [0, 0.05) is 58.9 Å². The molecule has 1 aromatic rings. The number of piperazine rings is 1. The maximum atomic E-state index is 11.6. The number of aliphatic imine (C=N–C) groups is 1. The molecule has 0 atom stereocenters. The molecule has 2 aliphatic rings. The van der Waals surface area contributed by atoms with E-state index in [1.807, 2.05) is 6.07 Å². The second-order valence-electron chi connectivity index (χ2n) is 7.83. The lowest BCUT2D eigenvalue weighted by atomic mass is 10.2. The molecule has 2 heterocycles. The third-order valence-corrected chi connectivity index (χ3v) is 7.20. The largest absolute Gasteiger partial charge is 0.357 e. The monoisotopic (exact) mass is 433 g/mol. The third kappa shape index (κ3) is 7.41. The molecule has 2 saturated heterocycles. The molecule has 0 unspecified atom stereocenters. The first-order valence-corrected chi connectivity index (χ1v) is 12.8. The van der Waals surface area contributed by atoms with Crippen molar-refractivity contribution in [1.82, 2.24) is 20.0 Å². The van der Waals surface area contributed by atoms with Crippen LogP contribution in [0.3, 0.4) is 0 Å². The Balaban J connectivity index is 1.42. The van der Waals surface area contributed by atoms with E-state index in [0.29, 0.717) is 19.6 Å². The fraction of sp³-hybridized carbons (Fsp3) is 0.591. The number of hydrogen-bond acceptors (Lipinski definition) is 5. The SMILES string of the molecule is CCNC(=NCCN1CCS(=O)(=O)CC1)N1CCN(C/C=C/c2ccccc2)CC1. The van der Waals surface area contributed by atoms with E-state index in [4.69, 9.17) is 4.99 Å². The van der Waals surface area contributed by atoms with Gasteiger partial charge >= 0.3 is 0 Å². The number of nitrogens with one attached hydrogen (secondary N) is 1. The van der Waals surface area contributed by atoms with Crippen LogP contribution in [0.5, 0.6) is 0 Å². The standard InChI is InChI=1S/C22H35N5O2S/c1-2-23-22(24-10-12-26-17-19-30(28,29)20-18-26)27-15-13-25(14-16-27)11-6-9-21-7-4-3-5-8-21/h3-9H,2,10-20H2,1H3,(H,23,24)/b9-6+. The summed E-state index contributed by atoms with van der Waals surface area (Å²) in [7, 11) is -2.82. The summed E-state index contributed by atoms with van der Waals surface area (Å²) < 4.78 is 23.1. The molecule has 30 heavy (non-hydrogen) atoms. The zero-order valence-corrected chi connectivity index (χ0v) is 18.9. The topological polar surface area (TPSA) is 68.2 Å². The van der Waals surface area contributed by atoms with E-state index < -0.39 is 9.84 Å². The molecular weight excluding hydrogens is 398 g/mol. The molecule has 7 nitrogen and oxygen atoms in total. The Morgan fingerprint density at radius 2 is 1.73 bits per heavy atom. The summed E-state index contributed by atoms with van der Waals surface area (Å²) in [5, 5.41) is 3.41. The molecule has 0 radical (unpaired) electrons. The molecule has 166 valence electrons. The minimum atomic E-state index is -2.82. The van der Waals surface area contributed by atoms with Gasteiger partial charge in [-0.05, 0) is 12.5 Å². The van der Waals surface area contributed by atoms with E-state index in [2.05, 4.69) is 63.4 Å². The van der Waals surface area contributed by atoms with Crippen molar-refractivity contribution in [3.05, 3.63) is 42.0 Å². The van der Waals surface area contributed by atoms with Gasteiger partial charge in [0.2, 0.25) is 0 Å². The second kappa shape index (κ2) is 11.5. The average Bonchev–Trinajstić information content (AvgIpc) is 2.76. The number of sulfone groups is 1. The number of hydrogen-bond donors (Lipinski definition) is 1. The minimum absolute atomic E-state index is 0.275. The van der Waals surface area contributed by atoms with Crippen molar-refractivity contribution in [2.24, 2.45) is 4.99 Å². The predicted molar refractivity (Wildman–Crippen MR) is 125 cm³/mol. The van der Waals surface area contributed by atoms with Crippen LogP contribution in [0, 0.1) is 0 Å². The molecule has 1 aromatic carbocycles. The number of nitrogens with zero attached hydrogens (tertiary/aromatic N) is 4. The minimum Gasteiger partial charge on any atom is -0.357 e. The average molecular weight is 434 g/mol. The first kappa shape index (κ1) is 22.8. The fourth-order valence-corrected chi connectivity index (χ4v) is 5.02. The molecule has 0 bridgehead atoms. The summed E-state index contributed by atoms with van der Waals surface area (Å²) >= 11 is 0. The lowest BCUT2D eigenvalue weighted by Crippen LogP contribution is -2.52. The van der Waals surface area contributed by atoms with Crippen molar-refractivity contribution in [2.45, 2.75) is 6.92 Å². The quantitative estimate of drug-likeness (QED) is 0.511. The van der Waals surface area contributed by atoms with Gasteiger partial charge in [0.1, 0.15) is 0 Å². The number of benzene rings is 1. The van der Waals surface area contributed by atoms with Crippen molar-refractivity contribution in [1.29, 1.82) is 0 Å². The van der Waals surface area contributed by atoms with E-state index >= 15 is 0 Å². The molecule has 0 amide bonds. The van der Waals surface area contributed by atoms with Crippen LogP contribution in [0.4, 0.5) is 0 Å². The van der Waals surface area contributed by atoms with E-state index in [-0.39, 0.29) is 11.5 Å². The summed E-state index contributed by atoms with van der Waals surface area (Å²) in [6.07, 6.45) is 4.42. The summed E-state index contributed by atoms with van der Waals surface area (Å²) in [6.45, 7) is 10.6. The van der Waals surface area contributed by atoms with Crippen molar-refractivity contribution < 1.29 is 8.42 Å². The second-order valence-corrected chi connectivity index (χ2v) is 10.1. The van der Waals surface area contributed by atoms with Crippen molar-refractivity contribution >= 4 is 21.9 Å². The zero-order valence-electron chi connectivity index (χ0n) is 18.0. The van der Waals surface area contributed by atoms with E-state index in [1.54, 1.807) is 0 Å². The summed E-state index contributed by atoms with van der Waals surface area (Å²) in [6, 6.07) is 10.4. The molecule has 0 spiro atoms. The van der Waals surface area contributed by atoms with Crippen LogP contribution in [0.2, 0.25) is 0 Å². The molecule has 2 fully saturated rings. The van der Waals surface area contributed by atoms with Crippen LogP contribution < -0.4 is 5.32 Å². The van der Waals surface area contributed by atoms with Crippen molar-refractivity contribution in [2.75, 3.05) is 77.0 Å². The Kier molecular flexibility index (Phi) is 8.72. The molecule has 3 rings (SSSR count).